The number of nitrogens with zero attached hydrogens (tertiary/aromatic N) is 5. The Labute approximate surface area is 302 Å². The van der Waals surface area contributed by atoms with Crippen molar-refractivity contribution in [2.75, 3.05) is 6.73 Å². The van der Waals surface area contributed by atoms with Crippen LogP contribution in [-0.2, 0) is 36.6 Å². The third-order valence-corrected chi connectivity index (χ3v) is 8.98. The van der Waals surface area contributed by atoms with E-state index in [9.17, 15) is 53.9 Å². The van der Waals surface area contributed by atoms with Gasteiger partial charge in [-0.15, -0.1) is 0 Å². The van der Waals surface area contributed by atoms with E-state index in [4.69, 9.17) is 0 Å². The molecule has 3 atom stereocenters. The van der Waals surface area contributed by atoms with Gasteiger partial charge in [-0.25, -0.2) is 31.6 Å². The monoisotopic (exact) mass is 713 g/mol. The Bertz CT molecular complexity index is 1690. The number of sulfonamides is 1. The number of carbonyl (C=O) groups excluding carboxylic acids is 1. The Morgan fingerprint density at radius 1 is 1.09 bits per heavy atom. The van der Waals surface area contributed by atoms with Crippen LogP contribution in [0, 0.1) is 11.6 Å². The number of carbonyl (C=O) groups is 1. The molecule has 0 radical (unpaired) electrons. The molecular weight excluding hydrogens is 693 g/mol. The number of alkyl halides is 4. The molecule has 1 aliphatic rings. The number of pyridine rings is 1. The van der Waals surface area contributed by atoms with Crippen molar-refractivity contribution in [2.45, 2.75) is 49.2 Å². The fourth-order valence-corrected chi connectivity index (χ4v) is 6.48. The molecule has 1 amide bonds. The van der Waals surface area contributed by atoms with Crippen LogP contribution in [0.4, 0.5) is 26.3 Å². The molecule has 1 fully saturated rings. The molecule has 2 aromatic heterocycles. The van der Waals surface area contributed by atoms with Crippen LogP contribution < -0.4 is 68.9 Å². The van der Waals surface area contributed by atoms with Crippen molar-refractivity contribution in [3.05, 3.63) is 71.9 Å². The summed E-state index contributed by atoms with van der Waals surface area (Å²) in [5, 5.41) is 0. The number of aromatic nitrogens is 3. The van der Waals surface area contributed by atoms with Crippen molar-refractivity contribution in [3.63, 3.8) is 0 Å². The van der Waals surface area contributed by atoms with E-state index in [0.717, 1.165) is 49.6 Å². The van der Waals surface area contributed by atoms with Gasteiger partial charge < -0.3 is 23.8 Å². The number of halogens is 6. The fraction of sp³-hybridized carbons (Fsp3) is 0.333. The molecule has 0 aliphatic carbocycles. The van der Waals surface area contributed by atoms with Gasteiger partial charge in [0.25, 0.3) is 0 Å². The number of phosphoric acid groups is 1. The molecular formula is C24H20F6N5Na2O7PS. The molecule has 3 heterocycles. The Kier molecular flexibility index (Phi) is 14.0. The maximum Gasteiger partial charge on any atom is 1.00 e. The van der Waals surface area contributed by atoms with Gasteiger partial charge in [0.1, 0.15) is 30.6 Å². The van der Waals surface area contributed by atoms with Gasteiger partial charge in [-0.2, -0.15) is 17.5 Å². The normalized spacial score (nSPS) is 18.8. The van der Waals surface area contributed by atoms with Crippen LogP contribution in [0.5, 0.6) is 0 Å². The average Bonchev–Trinajstić information content (AvgIpc) is 3.25. The largest absolute Gasteiger partial charge is 1.00 e. The molecule has 46 heavy (non-hydrogen) atoms. The molecule has 1 saturated heterocycles. The molecule has 0 saturated carbocycles. The minimum absolute atomic E-state index is 0. The van der Waals surface area contributed by atoms with Crippen LogP contribution in [0.1, 0.15) is 24.7 Å². The van der Waals surface area contributed by atoms with Crippen molar-refractivity contribution >= 4 is 23.8 Å². The van der Waals surface area contributed by atoms with E-state index in [2.05, 4.69) is 19.5 Å². The first-order valence-electron chi connectivity index (χ1n) is 12.3. The summed E-state index contributed by atoms with van der Waals surface area (Å²) in [6.07, 6.45) is -5.37. The molecule has 0 unspecified atom stereocenters. The number of benzene rings is 1. The Hall–Kier alpha value is -1.48. The van der Waals surface area contributed by atoms with Crippen LogP contribution in [0.2, 0.25) is 0 Å². The maximum absolute atomic E-state index is 14.9. The molecule has 4 rings (SSSR count). The maximum atomic E-state index is 14.9. The van der Waals surface area contributed by atoms with E-state index in [1.165, 1.54) is 0 Å². The van der Waals surface area contributed by atoms with Crippen LogP contribution in [-0.4, -0.2) is 63.5 Å². The summed E-state index contributed by atoms with van der Waals surface area (Å²) < 4.78 is 124. The fourth-order valence-electron chi connectivity index (χ4n) is 4.39. The zero-order valence-corrected chi connectivity index (χ0v) is 29.9. The Morgan fingerprint density at radius 3 is 2.22 bits per heavy atom. The van der Waals surface area contributed by atoms with Crippen LogP contribution in [0.3, 0.4) is 0 Å². The summed E-state index contributed by atoms with van der Waals surface area (Å²) in [6, 6.07) is 1.09. The molecule has 0 bridgehead atoms. The van der Waals surface area contributed by atoms with Crippen molar-refractivity contribution in [1.29, 1.82) is 0 Å². The average molecular weight is 713 g/mol. The van der Waals surface area contributed by atoms with E-state index < -0.39 is 95.8 Å². The molecule has 0 spiro atoms. The summed E-state index contributed by atoms with van der Waals surface area (Å²) in [4.78, 5) is 46.1. The van der Waals surface area contributed by atoms with E-state index in [0.29, 0.717) is 15.4 Å². The standard InChI is InChI=1S/C24H22F6N5O7PS.2Na/c1-13-18(26)7-21(35(13)44(40,41)17-4-2-16(25)3-5-17)22(36)34(12-42-43(37,38)39)11-14-6-20(31-10-19(14)27)15-8-32-23(33-9-15)24(28,29)30;;/h2-6,8-10,13,18,21H,7,11-12H2,1H3,(H2,37,38,39);;/q;2*+1/p-2/t13-,18+,21-;;/m0../s1. The van der Waals surface area contributed by atoms with Gasteiger partial charge in [0.05, 0.1) is 37.2 Å². The van der Waals surface area contributed by atoms with Gasteiger partial charge in [-0.05, 0) is 37.3 Å². The quantitative estimate of drug-likeness (QED) is 0.0928. The number of rotatable bonds is 9. The second-order valence-corrected chi connectivity index (χ2v) is 12.5. The van der Waals surface area contributed by atoms with Gasteiger partial charge in [0.15, 0.2) is 0 Å². The number of amides is 1. The summed E-state index contributed by atoms with van der Waals surface area (Å²) in [5.74, 6) is -4.63. The van der Waals surface area contributed by atoms with E-state index in [-0.39, 0.29) is 70.4 Å². The Balaban J connectivity index is 0.00000368. The van der Waals surface area contributed by atoms with Crippen molar-refractivity contribution in [3.8, 4) is 11.3 Å². The second kappa shape index (κ2) is 15.8. The summed E-state index contributed by atoms with van der Waals surface area (Å²) in [7, 11) is -10.4. The van der Waals surface area contributed by atoms with Gasteiger partial charge in [-0.1, -0.05) is 0 Å². The van der Waals surface area contributed by atoms with Gasteiger partial charge in [-0.3, -0.25) is 9.78 Å². The van der Waals surface area contributed by atoms with Crippen molar-refractivity contribution in [1.82, 2.24) is 24.2 Å². The predicted molar refractivity (Wildman–Crippen MR) is 133 cm³/mol. The Morgan fingerprint density at radius 2 is 1.67 bits per heavy atom. The van der Waals surface area contributed by atoms with Crippen LogP contribution >= 0.6 is 7.82 Å². The molecule has 22 heteroatoms. The number of hydrogen-bond donors (Lipinski definition) is 0. The van der Waals surface area contributed by atoms with E-state index in [1.807, 2.05) is 0 Å². The van der Waals surface area contributed by atoms with E-state index in [1.54, 1.807) is 0 Å². The van der Waals surface area contributed by atoms with Crippen LogP contribution in [0.25, 0.3) is 11.3 Å². The third-order valence-electron chi connectivity index (χ3n) is 6.53. The second-order valence-electron chi connectivity index (χ2n) is 9.49. The minimum atomic E-state index is -5.76. The van der Waals surface area contributed by atoms with Gasteiger partial charge >= 0.3 is 65.3 Å². The predicted octanol–water partition coefficient (Wildman–Crippen LogP) is -3.84. The summed E-state index contributed by atoms with van der Waals surface area (Å²) in [6.45, 7) is -1.08. The number of hydrogen-bond acceptors (Lipinski definition) is 10. The van der Waals surface area contributed by atoms with Crippen molar-refractivity contribution in [2.24, 2.45) is 0 Å². The smallest absolute Gasteiger partial charge is 0.790 e. The molecule has 1 aromatic carbocycles. The topological polar surface area (TPSA) is 169 Å². The summed E-state index contributed by atoms with van der Waals surface area (Å²) in [5.41, 5.74) is -0.728. The molecule has 12 nitrogen and oxygen atoms in total. The van der Waals surface area contributed by atoms with Gasteiger partial charge in [0.2, 0.25) is 21.8 Å². The zero-order chi connectivity index (χ0) is 32.6. The van der Waals surface area contributed by atoms with Crippen LogP contribution in [0.15, 0.2) is 53.8 Å². The van der Waals surface area contributed by atoms with Crippen molar-refractivity contribution < 1.29 is 118 Å². The molecule has 238 valence electrons. The summed E-state index contributed by atoms with van der Waals surface area (Å²) >= 11 is 0. The first-order valence-corrected chi connectivity index (χ1v) is 15.2. The first kappa shape index (κ1) is 40.7. The third kappa shape index (κ3) is 9.57. The zero-order valence-electron chi connectivity index (χ0n) is 24.2. The molecule has 1 aliphatic heterocycles. The molecule has 3 aromatic rings. The first-order chi connectivity index (χ1) is 20.4. The molecule has 0 N–H and O–H groups in total. The van der Waals surface area contributed by atoms with E-state index >= 15 is 0 Å². The number of phosphoric ester groups is 1. The van der Waals surface area contributed by atoms with Gasteiger partial charge in [0, 0.05) is 29.9 Å². The SMILES string of the molecule is C[C@H]1[C@H](F)C[C@@H](C(=O)N(COP(=O)([O-])[O-])Cc2cc(-c3cnc(C(F)(F)F)nc3)ncc2F)N1S(=O)(=O)c1ccc(F)cc1.[Na+].[Na+]. The minimum Gasteiger partial charge on any atom is -0.790 e.